The predicted octanol–water partition coefficient (Wildman–Crippen LogP) is 3.34. The number of fused-ring (bicyclic) bond motifs is 1. The van der Waals surface area contributed by atoms with Gasteiger partial charge in [0.25, 0.3) is 11.8 Å². The lowest BCUT2D eigenvalue weighted by Crippen LogP contribution is -2.29. The lowest BCUT2D eigenvalue weighted by molar-refractivity contribution is 0.0925. The minimum Gasteiger partial charge on any atom is -0.295 e. The van der Waals surface area contributed by atoms with E-state index >= 15 is 0 Å². The third-order valence-corrected chi connectivity index (χ3v) is 3.62. The summed E-state index contributed by atoms with van der Waals surface area (Å²) < 4.78 is 0. The lowest BCUT2D eigenvalue weighted by atomic mass is 10.1. The summed E-state index contributed by atoms with van der Waals surface area (Å²) in [6.45, 7) is 1.46. The number of anilines is 1. The molecule has 1 heterocycles. The van der Waals surface area contributed by atoms with Crippen LogP contribution >= 0.6 is 11.6 Å². The van der Waals surface area contributed by atoms with Crippen LogP contribution in [0.25, 0.3) is 0 Å². The number of Topliss-reactive ketones (excluding diaryl/α,β-unsaturated/α-hetero) is 1. The van der Waals surface area contributed by atoms with Crippen molar-refractivity contribution in [3.63, 3.8) is 0 Å². The van der Waals surface area contributed by atoms with Crippen molar-refractivity contribution in [1.82, 2.24) is 0 Å². The first-order valence-electron chi connectivity index (χ1n) is 6.28. The van der Waals surface area contributed by atoms with Crippen molar-refractivity contribution < 1.29 is 14.4 Å². The maximum Gasteiger partial charge on any atom is 0.266 e. The second-order valence-corrected chi connectivity index (χ2v) is 5.18. The van der Waals surface area contributed by atoms with E-state index in [1.165, 1.54) is 13.0 Å². The van der Waals surface area contributed by atoms with Gasteiger partial charge in [-0.3, -0.25) is 14.4 Å². The second kappa shape index (κ2) is 4.82. The number of carbonyl (C=O) groups excluding carboxylic acids is 3. The van der Waals surface area contributed by atoms with Gasteiger partial charge in [-0.05, 0) is 49.4 Å². The molecule has 0 radical (unpaired) electrons. The molecule has 1 aliphatic rings. The molecule has 0 saturated carbocycles. The molecule has 2 amide bonds. The summed E-state index contributed by atoms with van der Waals surface area (Å²) in [7, 11) is 0. The molecule has 0 saturated heterocycles. The van der Waals surface area contributed by atoms with E-state index in [9.17, 15) is 14.4 Å². The molecule has 0 N–H and O–H groups in total. The van der Waals surface area contributed by atoms with Crippen LogP contribution in [-0.2, 0) is 0 Å². The average Bonchev–Trinajstić information content (AvgIpc) is 2.70. The Morgan fingerprint density at radius 2 is 1.57 bits per heavy atom. The number of benzene rings is 2. The number of rotatable bonds is 2. The molecule has 104 valence electrons. The quantitative estimate of drug-likeness (QED) is 0.631. The van der Waals surface area contributed by atoms with Crippen LogP contribution in [0.2, 0.25) is 5.02 Å². The normalized spacial score (nSPS) is 13.5. The van der Waals surface area contributed by atoms with E-state index in [-0.39, 0.29) is 11.7 Å². The molecule has 3 rings (SSSR count). The highest BCUT2D eigenvalue weighted by Gasteiger charge is 2.36. The highest BCUT2D eigenvalue weighted by atomic mass is 35.5. The van der Waals surface area contributed by atoms with E-state index in [1.54, 1.807) is 36.4 Å². The number of halogens is 1. The molecule has 0 spiro atoms. The van der Waals surface area contributed by atoms with Gasteiger partial charge in [-0.2, -0.15) is 0 Å². The summed E-state index contributed by atoms with van der Waals surface area (Å²) in [6.07, 6.45) is 0. The van der Waals surface area contributed by atoms with Gasteiger partial charge in [-0.15, -0.1) is 0 Å². The van der Waals surface area contributed by atoms with E-state index in [4.69, 9.17) is 11.6 Å². The average molecular weight is 300 g/mol. The molecule has 0 atom stereocenters. The zero-order chi connectivity index (χ0) is 15.1. The maximum atomic E-state index is 12.4. The first kappa shape index (κ1) is 13.5. The molecule has 0 aliphatic carbocycles. The Morgan fingerprint density at radius 1 is 0.952 bits per heavy atom. The Kier molecular flexibility index (Phi) is 3.11. The smallest absolute Gasteiger partial charge is 0.266 e. The summed E-state index contributed by atoms with van der Waals surface area (Å²) in [5, 5.41) is 0.406. The van der Waals surface area contributed by atoms with Gasteiger partial charge in [-0.25, -0.2) is 4.90 Å². The predicted molar refractivity (Wildman–Crippen MR) is 79.0 cm³/mol. The van der Waals surface area contributed by atoms with E-state index in [2.05, 4.69) is 0 Å². The maximum absolute atomic E-state index is 12.4. The SMILES string of the molecule is CC(=O)c1ccc(N2C(=O)c3ccc(Cl)cc3C2=O)cc1. The van der Waals surface area contributed by atoms with Crippen LogP contribution in [0.4, 0.5) is 5.69 Å². The van der Waals surface area contributed by atoms with Crippen LogP contribution in [0.3, 0.4) is 0 Å². The molecule has 4 nitrogen and oxygen atoms in total. The summed E-state index contributed by atoms with van der Waals surface area (Å²) in [6, 6.07) is 11.0. The monoisotopic (exact) mass is 299 g/mol. The van der Waals surface area contributed by atoms with Crippen LogP contribution in [0, 0.1) is 0 Å². The van der Waals surface area contributed by atoms with Crippen molar-refractivity contribution in [3.05, 3.63) is 64.2 Å². The van der Waals surface area contributed by atoms with Crippen molar-refractivity contribution in [2.75, 3.05) is 4.90 Å². The largest absolute Gasteiger partial charge is 0.295 e. The van der Waals surface area contributed by atoms with Crippen LogP contribution in [-0.4, -0.2) is 17.6 Å². The molecule has 2 aromatic rings. The molecule has 0 bridgehead atoms. The fourth-order valence-electron chi connectivity index (χ4n) is 2.29. The fourth-order valence-corrected chi connectivity index (χ4v) is 2.46. The Bertz CT molecular complexity index is 781. The number of ketones is 1. The summed E-state index contributed by atoms with van der Waals surface area (Å²) in [5.41, 5.74) is 1.59. The van der Waals surface area contributed by atoms with E-state index in [0.717, 1.165) is 4.90 Å². The molecule has 1 aliphatic heterocycles. The van der Waals surface area contributed by atoms with Crippen LogP contribution in [0.15, 0.2) is 42.5 Å². The molecule has 21 heavy (non-hydrogen) atoms. The minimum atomic E-state index is -0.409. The number of amides is 2. The minimum absolute atomic E-state index is 0.0734. The van der Waals surface area contributed by atoms with E-state index < -0.39 is 5.91 Å². The third kappa shape index (κ3) is 2.14. The molecule has 0 unspecified atom stereocenters. The van der Waals surface area contributed by atoms with Crippen molar-refractivity contribution >= 4 is 34.9 Å². The van der Waals surface area contributed by atoms with Gasteiger partial charge in [0, 0.05) is 10.6 Å². The van der Waals surface area contributed by atoms with Crippen molar-refractivity contribution in [2.24, 2.45) is 0 Å². The summed E-state index contributed by atoms with van der Waals surface area (Å²) >= 11 is 5.87. The molecular formula is C16H10ClNO3. The van der Waals surface area contributed by atoms with E-state index in [1.807, 2.05) is 0 Å². The fraction of sp³-hybridized carbons (Fsp3) is 0.0625. The number of nitrogens with zero attached hydrogens (tertiary/aromatic N) is 1. The van der Waals surface area contributed by atoms with E-state index in [0.29, 0.717) is 27.4 Å². The first-order valence-corrected chi connectivity index (χ1v) is 6.66. The number of hydrogen-bond acceptors (Lipinski definition) is 3. The van der Waals surface area contributed by atoms with Crippen LogP contribution in [0.1, 0.15) is 38.0 Å². The molecule has 2 aromatic carbocycles. The highest BCUT2D eigenvalue weighted by Crippen LogP contribution is 2.30. The Balaban J connectivity index is 2.03. The standard InChI is InChI=1S/C16H10ClNO3/c1-9(19)10-2-5-12(6-3-10)18-15(20)13-7-4-11(17)8-14(13)16(18)21/h2-8H,1H3. The topological polar surface area (TPSA) is 54.5 Å². The number of imide groups is 1. The first-order chi connectivity index (χ1) is 9.99. The Morgan fingerprint density at radius 3 is 2.19 bits per heavy atom. The van der Waals surface area contributed by atoms with Crippen LogP contribution < -0.4 is 4.90 Å². The molecule has 5 heteroatoms. The third-order valence-electron chi connectivity index (χ3n) is 3.38. The van der Waals surface area contributed by atoms with Gasteiger partial charge in [-0.1, -0.05) is 11.6 Å². The van der Waals surface area contributed by atoms with Gasteiger partial charge in [0.05, 0.1) is 16.8 Å². The van der Waals surface area contributed by atoms with Gasteiger partial charge in [0.1, 0.15) is 0 Å². The molecule has 0 aromatic heterocycles. The second-order valence-electron chi connectivity index (χ2n) is 4.74. The molecular weight excluding hydrogens is 290 g/mol. The van der Waals surface area contributed by atoms with Crippen molar-refractivity contribution in [3.8, 4) is 0 Å². The lowest BCUT2D eigenvalue weighted by Gasteiger charge is -2.13. The zero-order valence-electron chi connectivity index (χ0n) is 11.1. The number of carbonyl (C=O) groups is 3. The Hall–Kier alpha value is -2.46. The van der Waals surface area contributed by atoms with Gasteiger partial charge in [0.15, 0.2) is 5.78 Å². The van der Waals surface area contributed by atoms with Crippen LogP contribution in [0.5, 0.6) is 0 Å². The van der Waals surface area contributed by atoms with Gasteiger partial charge >= 0.3 is 0 Å². The highest BCUT2D eigenvalue weighted by molar-refractivity contribution is 6.36. The molecule has 0 fully saturated rings. The summed E-state index contributed by atoms with van der Waals surface area (Å²) in [4.78, 5) is 37.0. The number of hydrogen-bond donors (Lipinski definition) is 0. The van der Waals surface area contributed by atoms with Gasteiger partial charge in [0.2, 0.25) is 0 Å². The van der Waals surface area contributed by atoms with Crippen molar-refractivity contribution in [1.29, 1.82) is 0 Å². The van der Waals surface area contributed by atoms with Crippen molar-refractivity contribution in [2.45, 2.75) is 6.92 Å². The van der Waals surface area contributed by atoms with Gasteiger partial charge < -0.3 is 0 Å². The summed E-state index contributed by atoms with van der Waals surface area (Å²) in [5.74, 6) is -0.869. The zero-order valence-corrected chi connectivity index (χ0v) is 11.8. The Labute approximate surface area is 125 Å².